The lowest BCUT2D eigenvalue weighted by Crippen LogP contribution is -2.60. The van der Waals surface area contributed by atoms with Gasteiger partial charge >= 0.3 is 0 Å². The summed E-state index contributed by atoms with van der Waals surface area (Å²) < 4.78 is 0. The summed E-state index contributed by atoms with van der Waals surface area (Å²) in [6.45, 7) is 5.04. The third kappa shape index (κ3) is 6.54. The van der Waals surface area contributed by atoms with Gasteiger partial charge < -0.3 is 25.8 Å². The van der Waals surface area contributed by atoms with E-state index in [2.05, 4.69) is 30.8 Å². The van der Waals surface area contributed by atoms with Gasteiger partial charge in [0.2, 0.25) is 29.6 Å². The van der Waals surface area contributed by atoms with Crippen molar-refractivity contribution in [2.75, 3.05) is 61.3 Å². The fraction of sp³-hybridized carbons (Fsp3) is 0.417. The molecule has 3 heterocycles. The molecule has 1 aromatic carbocycles. The van der Waals surface area contributed by atoms with Gasteiger partial charge in [-0.05, 0) is 30.3 Å². The van der Waals surface area contributed by atoms with E-state index >= 15 is 0 Å². The second-order valence-corrected chi connectivity index (χ2v) is 8.72. The van der Waals surface area contributed by atoms with Crippen molar-refractivity contribution in [3.63, 3.8) is 0 Å². The van der Waals surface area contributed by atoms with Crippen molar-refractivity contribution in [3.05, 3.63) is 42.7 Å². The second kappa shape index (κ2) is 11.6. The Morgan fingerprint density at radius 1 is 0.972 bits per heavy atom. The molecule has 0 aliphatic carbocycles. The van der Waals surface area contributed by atoms with Gasteiger partial charge in [-0.3, -0.25) is 24.1 Å². The molecule has 12 heteroatoms. The normalized spacial score (nSPS) is 18.4. The first-order chi connectivity index (χ1) is 17.4. The minimum absolute atomic E-state index is 0.149. The predicted octanol–water partition coefficient (Wildman–Crippen LogP) is -0.0872. The monoisotopic (exact) mass is 494 g/mol. The van der Waals surface area contributed by atoms with E-state index in [4.69, 9.17) is 0 Å². The Balaban J connectivity index is 1.30. The average Bonchev–Trinajstić information content (AvgIpc) is 2.87. The number of carbonyl (C=O) groups is 4. The minimum Gasteiger partial charge on any atom is -0.353 e. The van der Waals surface area contributed by atoms with Crippen molar-refractivity contribution < 1.29 is 19.2 Å². The van der Waals surface area contributed by atoms with E-state index in [1.165, 1.54) is 11.8 Å². The molecule has 2 aromatic rings. The summed E-state index contributed by atoms with van der Waals surface area (Å²) in [5.74, 6) is -0.402. The third-order valence-corrected chi connectivity index (χ3v) is 6.09. The summed E-state index contributed by atoms with van der Waals surface area (Å²) in [6, 6.07) is 7.56. The highest BCUT2D eigenvalue weighted by Crippen LogP contribution is 2.16. The van der Waals surface area contributed by atoms with Crippen LogP contribution in [0.2, 0.25) is 0 Å². The average molecular weight is 495 g/mol. The summed E-state index contributed by atoms with van der Waals surface area (Å²) >= 11 is 0. The Morgan fingerprint density at radius 2 is 1.61 bits per heavy atom. The SMILES string of the molecule is CC(=O)Nc1ccc(NC(=O)C[C@H]2C(=O)NCCN2C(=O)CN2CCN(c3ncccn3)CC2)cc1. The van der Waals surface area contributed by atoms with Crippen LogP contribution in [0.25, 0.3) is 0 Å². The summed E-state index contributed by atoms with van der Waals surface area (Å²) in [7, 11) is 0. The predicted molar refractivity (Wildman–Crippen MR) is 133 cm³/mol. The lowest BCUT2D eigenvalue weighted by molar-refractivity contribution is -0.145. The highest BCUT2D eigenvalue weighted by atomic mass is 16.2. The van der Waals surface area contributed by atoms with Gasteiger partial charge in [0, 0.05) is 70.0 Å². The van der Waals surface area contributed by atoms with Crippen LogP contribution in [0, 0.1) is 0 Å². The zero-order valence-electron chi connectivity index (χ0n) is 20.1. The van der Waals surface area contributed by atoms with Gasteiger partial charge in [-0.15, -0.1) is 0 Å². The van der Waals surface area contributed by atoms with Crippen molar-refractivity contribution in [2.24, 2.45) is 0 Å². The molecule has 4 amide bonds. The number of aromatic nitrogens is 2. The van der Waals surface area contributed by atoms with Gasteiger partial charge in [0.25, 0.3) is 0 Å². The first kappa shape index (κ1) is 25.0. The number of hydrogen-bond donors (Lipinski definition) is 3. The molecule has 2 saturated heterocycles. The number of anilines is 3. The Morgan fingerprint density at radius 3 is 2.25 bits per heavy atom. The van der Waals surface area contributed by atoms with Crippen LogP contribution in [-0.4, -0.2) is 95.3 Å². The highest BCUT2D eigenvalue weighted by molar-refractivity contribution is 5.98. The van der Waals surface area contributed by atoms with Crippen LogP contribution in [0.15, 0.2) is 42.7 Å². The molecule has 1 atom stereocenters. The molecule has 0 bridgehead atoms. The molecule has 0 saturated carbocycles. The van der Waals surface area contributed by atoms with Gasteiger partial charge in [0.05, 0.1) is 13.0 Å². The molecule has 2 fully saturated rings. The van der Waals surface area contributed by atoms with E-state index < -0.39 is 6.04 Å². The summed E-state index contributed by atoms with van der Waals surface area (Å²) in [4.78, 5) is 63.7. The van der Waals surface area contributed by atoms with Gasteiger partial charge in [0.1, 0.15) is 6.04 Å². The molecule has 12 nitrogen and oxygen atoms in total. The molecular formula is C24H30N8O4. The molecule has 190 valence electrons. The van der Waals surface area contributed by atoms with Crippen LogP contribution < -0.4 is 20.9 Å². The molecule has 0 unspecified atom stereocenters. The van der Waals surface area contributed by atoms with Crippen molar-refractivity contribution in [1.29, 1.82) is 0 Å². The van der Waals surface area contributed by atoms with Crippen LogP contribution in [-0.2, 0) is 19.2 Å². The molecule has 0 spiro atoms. The van der Waals surface area contributed by atoms with E-state index in [9.17, 15) is 19.2 Å². The first-order valence-electron chi connectivity index (χ1n) is 11.9. The van der Waals surface area contributed by atoms with Crippen LogP contribution in [0.1, 0.15) is 13.3 Å². The number of hydrogen-bond acceptors (Lipinski definition) is 8. The van der Waals surface area contributed by atoms with Gasteiger partial charge in [0.15, 0.2) is 0 Å². The number of nitrogens with one attached hydrogen (secondary N) is 3. The number of benzene rings is 1. The van der Waals surface area contributed by atoms with Crippen LogP contribution in [0.3, 0.4) is 0 Å². The molecule has 2 aliphatic rings. The standard InChI is InChI=1S/C24H30N8O4/c1-17(33)28-18-3-5-19(6-4-18)29-21(34)15-20-23(36)25-9-10-32(20)22(35)16-30-11-13-31(14-12-30)24-26-7-2-8-27-24/h2-8,20H,9-16H2,1H3,(H,25,36)(H,28,33)(H,29,34)/t20-/m0/s1. The lowest BCUT2D eigenvalue weighted by atomic mass is 10.1. The van der Waals surface area contributed by atoms with Crippen molar-refractivity contribution in [1.82, 2.24) is 25.1 Å². The number of piperazine rings is 2. The number of amides is 4. The molecule has 3 N–H and O–H groups in total. The first-order valence-corrected chi connectivity index (χ1v) is 11.9. The molecule has 4 rings (SSSR count). The smallest absolute Gasteiger partial charge is 0.243 e. The molecular weight excluding hydrogens is 464 g/mol. The number of rotatable bonds is 7. The molecule has 0 radical (unpaired) electrons. The van der Waals surface area contributed by atoms with Gasteiger partial charge in [-0.25, -0.2) is 9.97 Å². The van der Waals surface area contributed by atoms with E-state index in [-0.39, 0.29) is 36.6 Å². The Hall–Kier alpha value is -4.06. The summed E-state index contributed by atoms with van der Waals surface area (Å²) in [5.41, 5.74) is 1.14. The summed E-state index contributed by atoms with van der Waals surface area (Å²) in [6.07, 6.45) is 3.26. The molecule has 2 aliphatic heterocycles. The summed E-state index contributed by atoms with van der Waals surface area (Å²) in [5, 5.41) is 8.16. The van der Waals surface area contributed by atoms with E-state index in [1.54, 1.807) is 42.7 Å². The van der Waals surface area contributed by atoms with Gasteiger partial charge in [-0.2, -0.15) is 0 Å². The molecule has 36 heavy (non-hydrogen) atoms. The maximum absolute atomic E-state index is 13.1. The maximum atomic E-state index is 13.1. The van der Waals surface area contributed by atoms with Crippen molar-refractivity contribution in [3.8, 4) is 0 Å². The van der Waals surface area contributed by atoms with Crippen LogP contribution >= 0.6 is 0 Å². The minimum atomic E-state index is -0.871. The quantitative estimate of drug-likeness (QED) is 0.485. The fourth-order valence-electron chi connectivity index (χ4n) is 4.29. The molecule has 1 aromatic heterocycles. The number of nitrogens with zero attached hydrogens (tertiary/aromatic N) is 5. The highest BCUT2D eigenvalue weighted by Gasteiger charge is 2.35. The van der Waals surface area contributed by atoms with Crippen LogP contribution in [0.5, 0.6) is 0 Å². The van der Waals surface area contributed by atoms with Crippen LogP contribution in [0.4, 0.5) is 17.3 Å². The Kier molecular flexibility index (Phi) is 8.06. The van der Waals surface area contributed by atoms with Crippen molar-refractivity contribution in [2.45, 2.75) is 19.4 Å². The van der Waals surface area contributed by atoms with Crippen molar-refractivity contribution >= 4 is 41.0 Å². The largest absolute Gasteiger partial charge is 0.353 e. The fourth-order valence-corrected chi connectivity index (χ4v) is 4.29. The Labute approximate surface area is 209 Å². The number of carbonyl (C=O) groups excluding carboxylic acids is 4. The Bertz CT molecular complexity index is 1090. The lowest BCUT2D eigenvalue weighted by Gasteiger charge is -2.38. The van der Waals surface area contributed by atoms with E-state index in [1.807, 2.05) is 4.90 Å². The van der Waals surface area contributed by atoms with Gasteiger partial charge in [-0.1, -0.05) is 0 Å². The zero-order chi connectivity index (χ0) is 25.5. The third-order valence-electron chi connectivity index (χ3n) is 6.09. The van der Waals surface area contributed by atoms with E-state index in [0.29, 0.717) is 56.6 Å². The second-order valence-electron chi connectivity index (χ2n) is 8.72. The maximum Gasteiger partial charge on any atom is 0.243 e. The van der Waals surface area contributed by atoms with E-state index in [0.717, 1.165) is 0 Å². The zero-order valence-corrected chi connectivity index (χ0v) is 20.1. The topological polar surface area (TPSA) is 140 Å².